The molecule has 4 heterocycles. The molecule has 5 rings (SSSR count). The Morgan fingerprint density at radius 3 is 2.76 bits per heavy atom. The standard InChI is InChI=1S/C21H17FN4O2S/c1-12-10-26-16(11-25(12)21(27)28)19(13-4-6-23-7-5-13)20(24-26)15-3-2-14-9-18(22)29-17(14)8-15/h2-9,12H,10-11H2,1H3,(H,27,28). The van der Waals surface area contributed by atoms with Crippen LogP contribution in [0.3, 0.4) is 0 Å². The fourth-order valence-corrected chi connectivity index (χ4v) is 4.73. The van der Waals surface area contributed by atoms with Gasteiger partial charge in [-0.15, -0.1) is 11.3 Å². The number of halogens is 1. The molecule has 0 aliphatic carbocycles. The SMILES string of the molecule is CC1Cn2nc(-c3ccc4cc(F)sc4c3)c(-c3ccncc3)c2CN1C(=O)O. The van der Waals surface area contributed by atoms with Crippen LogP contribution in [-0.4, -0.2) is 36.9 Å². The highest BCUT2D eigenvalue weighted by molar-refractivity contribution is 7.17. The van der Waals surface area contributed by atoms with Gasteiger partial charge in [-0.2, -0.15) is 9.49 Å². The fourth-order valence-electron chi connectivity index (χ4n) is 3.90. The summed E-state index contributed by atoms with van der Waals surface area (Å²) in [6.45, 7) is 2.62. The maximum absolute atomic E-state index is 13.7. The Kier molecular flexibility index (Phi) is 4.09. The van der Waals surface area contributed by atoms with Gasteiger partial charge < -0.3 is 5.11 Å². The highest BCUT2D eigenvalue weighted by Gasteiger charge is 2.32. The summed E-state index contributed by atoms with van der Waals surface area (Å²) in [6, 6.07) is 10.9. The van der Waals surface area contributed by atoms with Crippen LogP contribution < -0.4 is 0 Å². The zero-order chi connectivity index (χ0) is 20.1. The number of aromatic nitrogens is 3. The van der Waals surface area contributed by atoms with E-state index >= 15 is 0 Å². The van der Waals surface area contributed by atoms with Gasteiger partial charge in [0.1, 0.15) is 5.69 Å². The van der Waals surface area contributed by atoms with E-state index in [1.807, 2.05) is 41.9 Å². The molecule has 1 amide bonds. The minimum Gasteiger partial charge on any atom is -0.465 e. The second-order valence-corrected chi connectivity index (χ2v) is 8.18. The number of fused-ring (bicyclic) bond motifs is 2. The van der Waals surface area contributed by atoms with E-state index in [4.69, 9.17) is 5.10 Å². The molecule has 1 atom stereocenters. The van der Waals surface area contributed by atoms with Gasteiger partial charge in [-0.25, -0.2) is 4.79 Å². The summed E-state index contributed by atoms with van der Waals surface area (Å²) in [5.74, 6) is 0. The first-order chi connectivity index (χ1) is 14.0. The van der Waals surface area contributed by atoms with Gasteiger partial charge >= 0.3 is 6.09 Å². The summed E-state index contributed by atoms with van der Waals surface area (Å²) in [7, 11) is 0. The third kappa shape index (κ3) is 2.96. The summed E-state index contributed by atoms with van der Waals surface area (Å²) >= 11 is 1.10. The summed E-state index contributed by atoms with van der Waals surface area (Å²) in [4.78, 5) is 17.2. The lowest BCUT2D eigenvalue weighted by Gasteiger charge is -2.32. The van der Waals surface area contributed by atoms with E-state index in [-0.39, 0.29) is 17.7 Å². The summed E-state index contributed by atoms with van der Waals surface area (Å²) in [5.41, 5.74) is 4.31. The molecule has 0 radical (unpaired) electrons. The van der Waals surface area contributed by atoms with Gasteiger partial charge in [-0.3, -0.25) is 14.6 Å². The van der Waals surface area contributed by atoms with Crippen LogP contribution in [0.5, 0.6) is 0 Å². The zero-order valence-electron chi connectivity index (χ0n) is 15.5. The summed E-state index contributed by atoms with van der Waals surface area (Å²) in [6.07, 6.45) is 2.48. The quantitative estimate of drug-likeness (QED) is 0.515. The number of carboxylic acid groups (broad SMARTS) is 1. The Morgan fingerprint density at radius 1 is 1.21 bits per heavy atom. The van der Waals surface area contributed by atoms with Crippen molar-refractivity contribution in [1.29, 1.82) is 0 Å². The van der Waals surface area contributed by atoms with Gasteiger partial charge in [0.05, 0.1) is 24.8 Å². The van der Waals surface area contributed by atoms with E-state index in [0.717, 1.165) is 49.5 Å². The van der Waals surface area contributed by atoms with Crippen molar-refractivity contribution in [3.05, 3.63) is 59.6 Å². The first-order valence-electron chi connectivity index (χ1n) is 9.20. The molecule has 0 spiro atoms. The van der Waals surface area contributed by atoms with Crippen molar-refractivity contribution >= 4 is 27.5 Å². The van der Waals surface area contributed by atoms with E-state index in [2.05, 4.69) is 4.98 Å². The Morgan fingerprint density at radius 2 is 2.00 bits per heavy atom. The number of carbonyl (C=O) groups is 1. The van der Waals surface area contributed by atoms with Crippen molar-refractivity contribution in [2.75, 3.05) is 0 Å². The number of rotatable bonds is 2. The van der Waals surface area contributed by atoms with Crippen LogP contribution in [0.4, 0.5) is 9.18 Å². The highest BCUT2D eigenvalue weighted by atomic mass is 32.1. The van der Waals surface area contributed by atoms with Crippen LogP contribution in [0.15, 0.2) is 48.8 Å². The van der Waals surface area contributed by atoms with Gasteiger partial charge in [0.25, 0.3) is 0 Å². The van der Waals surface area contributed by atoms with E-state index in [0.29, 0.717) is 6.54 Å². The minimum atomic E-state index is -0.942. The Labute approximate surface area is 169 Å². The Balaban J connectivity index is 1.73. The molecule has 1 aliphatic rings. The molecule has 29 heavy (non-hydrogen) atoms. The Bertz CT molecular complexity index is 1230. The molecule has 0 saturated heterocycles. The first kappa shape index (κ1) is 17.8. The molecule has 0 fully saturated rings. The largest absolute Gasteiger partial charge is 0.465 e. The van der Waals surface area contributed by atoms with E-state index in [1.165, 1.54) is 11.0 Å². The molecule has 1 aliphatic heterocycles. The molecular weight excluding hydrogens is 391 g/mol. The average Bonchev–Trinajstić information content (AvgIpc) is 3.26. The van der Waals surface area contributed by atoms with Gasteiger partial charge in [0, 0.05) is 28.2 Å². The van der Waals surface area contributed by atoms with Gasteiger partial charge in [-0.05, 0) is 42.1 Å². The number of pyridine rings is 1. The number of hydrogen-bond acceptors (Lipinski definition) is 4. The van der Waals surface area contributed by atoms with E-state index in [9.17, 15) is 14.3 Å². The van der Waals surface area contributed by atoms with Crippen LogP contribution >= 0.6 is 11.3 Å². The van der Waals surface area contributed by atoms with E-state index < -0.39 is 6.09 Å². The van der Waals surface area contributed by atoms with Crippen molar-refractivity contribution in [2.24, 2.45) is 0 Å². The van der Waals surface area contributed by atoms with Crippen LogP contribution in [0.25, 0.3) is 32.5 Å². The minimum absolute atomic E-state index is 0.174. The number of hydrogen-bond donors (Lipinski definition) is 1. The number of amides is 1. The average molecular weight is 408 g/mol. The normalized spacial score (nSPS) is 16.2. The lowest BCUT2D eigenvalue weighted by molar-refractivity contribution is 0.105. The summed E-state index contributed by atoms with van der Waals surface area (Å²) < 4.78 is 16.4. The smallest absolute Gasteiger partial charge is 0.407 e. The number of thiophene rings is 1. The predicted molar refractivity (Wildman–Crippen MR) is 109 cm³/mol. The third-order valence-corrected chi connectivity index (χ3v) is 6.21. The summed E-state index contributed by atoms with van der Waals surface area (Å²) in [5, 5.41) is 15.1. The highest BCUT2D eigenvalue weighted by Crippen LogP contribution is 2.38. The topological polar surface area (TPSA) is 71.2 Å². The number of benzene rings is 1. The van der Waals surface area contributed by atoms with Crippen molar-refractivity contribution in [3.8, 4) is 22.4 Å². The third-order valence-electron chi connectivity index (χ3n) is 5.33. The maximum atomic E-state index is 13.7. The van der Waals surface area contributed by atoms with Crippen molar-refractivity contribution < 1.29 is 14.3 Å². The molecule has 0 bridgehead atoms. The van der Waals surface area contributed by atoms with Crippen LogP contribution in [0, 0.1) is 5.13 Å². The zero-order valence-corrected chi connectivity index (χ0v) is 16.4. The molecule has 8 heteroatoms. The van der Waals surface area contributed by atoms with Crippen LogP contribution in [0.2, 0.25) is 0 Å². The van der Waals surface area contributed by atoms with Gasteiger partial charge in [0.15, 0.2) is 5.13 Å². The van der Waals surface area contributed by atoms with Crippen molar-refractivity contribution in [1.82, 2.24) is 19.7 Å². The van der Waals surface area contributed by atoms with Crippen molar-refractivity contribution in [3.63, 3.8) is 0 Å². The molecule has 1 unspecified atom stereocenters. The molecule has 4 aromatic rings. The second kappa shape index (κ2) is 6.66. The lowest BCUT2D eigenvalue weighted by atomic mass is 9.98. The van der Waals surface area contributed by atoms with E-state index in [1.54, 1.807) is 12.4 Å². The molecule has 1 aromatic carbocycles. The van der Waals surface area contributed by atoms with Crippen LogP contribution in [0.1, 0.15) is 12.6 Å². The first-order valence-corrected chi connectivity index (χ1v) is 10.0. The number of nitrogens with zero attached hydrogens (tertiary/aromatic N) is 4. The molecule has 146 valence electrons. The Hall–Kier alpha value is -3.26. The molecular formula is C21H17FN4O2S. The molecule has 3 aromatic heterocycles. The molecule has 6 nitrogen and oxygen atoms in total. The predicted octanol–water partition coefficient (Wildman–Crippen LogP) is 4.85. The monoisotopic (exact) mass is 408 g/mol. The molecule has 1 N–H and O–H groups in total. The lowest BCUT2D eigenvalue weighted by Crippen LogP contribution is -2.44. The van der Waals surface area contributed by atoms with Crippen molar-refractivity contribution in [2.45, 2.75) is 26.1 Å². The maximum Gasteiger partial charge on any atom is 0.407 e. The second-order valence-electron chi connectivity index (χ2n) is 7.15. The molecule has 0 saturated carbocycles. The fraction of sp³-hybridized carbons (Fsp3) is 0.190. The van der Waals surface area contributed by atoms with Gasteiger partial charge in [0.2, 0.25) is 0 Å². The van der Waals surface area contributed by atoms with Crippen LogP contribution in [-0.2, 0) is 13.1 Å². The van der Waals surface area contributed by atoms with Gasteiger partial charge in [-0.1, -0.05) is 12.1 Å².